The Balaban J connectivity index is 3.07. The lowest BCUT2D eigenvalue weighted by Crippen LogP contribution is -2.02. The smallest absolute Gasteiger partial charge is 0.0263 e. The average Bonchev–Trinajstić information content (AvgIpc) is 1.83. The van der Waals surface area contributed by atoms with Crippen molar-refractivity contribution < 1.29 is 0 Å². The summed E-state index contributed by atoms with van der Waals surface area (Å²) in [5.74, 6) is 1.94. The maximum Gasteiger partial charge on any atom is 0.0263 e. The van der Waals surface area contributed by atoms with Gasteiger partial charge >= 0.3 is 0 Å². The van der Waals surface area contributed by atoms with Gasteiger partial charge in [0, 0.05) is 11.8 Å². The van der Waals surface area contributed by atoms with Crippen LogP contribution in [0.4, 0.5) is 0 Å². The summed E-state index contributed by atoms with van der Waals surface area (Å²) in [4.78, 5) is 0. The van der Waals surface area contributed by atoms with Gasteiger partial charge < -0.3 is 0 Å². The van der Waals surface area contributed by atoms with Crippen molar-refractivity contribution in [1.82, 2.24) is 0 Å². The highest BCUT2D eigenvalue weighted by atomic mass is 35.5. The van der Waals surface area contributed by atoms with Crippen LogP contribution in [0.15, 0.2) is 0 Å². The molecule has 0 atom stereocenters. The molecular formula is C6H12Cl2. The number of alkyl halides is 2. The SMILES string of the molecule is CCCC(CCl)CCl. The molecule has 0 aromatic carbocycles. The minimum absolute atomic E-state index is 0.531. The maximum atomic E-state index is 5.56. The molecule has 0 heterocycles. The van der Waals surface area contributed by atoms with Crippen molar-refractivity contribution in [3.8, 4) is 0 Å². The van der Waals surface area contributed by atoms with E-state index in [4.69, 9.17) is 23.2 Å². The van der Waals surface area contributed by atoms with Crippen LogP contribution < -0.4 is 0 Å². The minimum Gasteiger partial charge on any atom is -0.126 e. The van der Waals surface area contributed by atoms with Crippen LogP contribution in [0.25, 0.3) is 0 Å². The van der Waals surface area contributed by atoms with E-state index in [1.807, 2.05) is 0 Å². The van der Waals surface area contributed by atoms with Crippen molar-refractivity contribution in [3.05, 3.63) is 0 Å². The Kier molecular flexibility index (Phi) is 6.13. The van der Waals surface area contributed by atoms with Crippen molar-refractivity contribution in [2.75, 3.05) is 11.8 Å². The molecule has 0 N–H and O–H groups in total. The summed E-state index contributed by atoms with van der Waals surface area (Å²) in [6.45, 7) is 2.14. The molecule has 0 aromatic rings. The normalized spacial score (nSPS) is 10.5. The zero-order valence-corrected chi connectivity index (χ0v) is 6.67. The van der Waals surface area contributed by atoms with Gasteiger partial charge in [0.05, 0.1) is 0 Å². The van der Waals surface area contributed by atoms with E-state index in [2.05, 4.69) is 6.92 Å². The summed E-state index contributed by atoms with van der Waals surface area (Å²) in [6.07, 6.45) is 2.34. The summed E-state index contributed by atoms with van der Waals surface area (Å²) in [5.41, 5.74) is 0. The fourth-order valence-corrected chi connectivity index (χ4v) is 1.24. The summed E-state index contributed by atoms with van der Waals surface area (Å²) in [5, 5.41) is 0. The molecule has 0 rings (SSSR count). The third-order valence-electron chi connectivity index (χ3n) is 1.13. The molecule has 50 valence electrons. The number of rotatable bonds is 4. The molecule has 0 spiro atoms. The van der Waals surface area contributed by atoms with E-state index in [-0.39, 0.29) is 0 Å². The average molecular weight is 155 g/mol. The van der Waals surface area contributed by atoms with Crippen molar-refractivity contribution in [2.45, 2.75) is 19.8 Å². The second-order valence-electron chi connectivity index (χ2n) is 1.96. The molecule has 0 aliphatic carbocycles. The molecule has 0 bridgehead atoms. The van der Waals surface area contributed by atoms with Gasteiger partial charge in [-0.05, 0) is 12.3 Å². The molecule has 0 aromatic heterocycles. The van der Waals surface area contributed by atoms with Crippen LogP contribution in [0.1, 0.15) is 19.8 Å². The molecule has 2 heteroatoms. The van der Waals surface area contributed by atoms with Crippen LogP contribution >= 0.6 is 23.2 Å². The van der Waals surface area contributed by atoms with Gasteiger partial charge in [0.2, 0.25) is 0 Å². The monoisotopic (exact) mass is 154 g/mol. The van der Waals surface area contributed by atoms with Crippen molar-refractivity contribution >= 4 is 23.2 Å². The fraction of sp³-hybridized carbons (Fsp3) is 1.00. The Morgan fingerprint density at radius 2 is 1.75 bits per heavy atom. The third-order valence-corrected chi connectivity index (χ3v) is 2.01. The van der Waals surface area contributed by atoms with E-state index in [1.54, 1.807) is 0 Å². The highest BCUT2D eigenvalue weighted by Gasteiger charge is 2.01. The van der Waals surface area contributed by atoms with Crippen molar-refractivity contribution in [1.29, 1.82) is 0 Å². The largest absolute Gasteiger partial charge is 0.126 e. The molecule has 0 aliphatic rings. The Morgan fingerprint density at radius 3 is 1.88 bits per heavy atom. The van der Waals surface area contributed by atoms with E-state index < -0.39 is 0 Å². The van der Waals surface area contributed by atoms with Crippen LogP contribution in [0, 0.1) is 5.92 Å². The summed E-state index contributed by atoms with van der Waals surface area (Å²) < 4.78 is 0. The summed E-state index contributed by atoms with van der Waals surface area (Å²) in [6, 6.07) is 0. The molecule has 0 nitrogen and oxygen atoms in total. The van der Waals surface area contributed by atoms with E-state index in [0.717, 1.165) is 6.42 Å². The van der Waals surface area contributed by atoms with Gasteiger partial charge in [0.15, 0.2) is 0 Å². The standard InChI is InChI=1S/C6H12Cl2/c1-2-3-6(4-7)5-8/h6H,2-5H2,1H3. The Morgan fingerprint density at radius 1 is 1.25 bits per heavy atom. The first-order valence-corrected chi connectivity index (χ1v) is 4.04. The molecular weight excluding hydrogens is 143 g/mol. The third kappa shape index (κ3) is 3.57. The first-order chi connectivity index (χ1) is 3.85. The van der Waals surface area contributed by atoms with Crippen LogP contribution in [-0.2, 0) is 0 Å². The molecule has 0 unspecified atom stereocenters. The molecule has 0 aliphatic heterocycles. The predicted molar refractivity (Wildman–Crippen MR) is 39.8 cm³/mol. The van der Waals surface area contributed by atoms with Gasteiger partial charge in [-0.3, -0.25) is 0 Å². The Hall–Kier alpha value is 0.580. The zero-order chi connectivity index (χ0) is 6.41. The molecule has 0 amide bonds. The lowest BCUT2D eigenvalue weighted by Gasteiger charge is -2.05. The van der Waals surface area contributed by atoms with Gasteiger partial charge in [-0.15, -0.1) is 23.2 Å². The maximum absolute atomic E-state index is 5.56. The molecule has 0 saturated heterocycles. The van der Waals surface area contributed by atoms with E-state index in [0.29, 0.717) is 17.7 Å². The summed E-state index contributed by atoms with van der Waals surface area (Å²) >= 11 is 11.1. The molecule has 0 fully saturated rings. The van der Waals surface area contributed by atoms with Gasteiger partial charge in [0.1, 0.15) is 0 Å². The molecule has 8 heavy (non-hydrogen) atoms. The van der Waals surface area contributed by atoms with Gasteiger partial charge in [-0.1, -0.05) is 13.3 Å². The Labute approximate surface area is 61.2 Å². The number of hydrogen-bond donors (Lipinski definition) is 0. The van der Waals surface area contributed by atoms with Crippen LogP contribution in [0.3, 0.4) is 0 Å². The highest BCUT2D eigenvalue weighted by molar-refractivity contribution is 6.20. The minimum atomic E-state index is 0.531. The quantitative estimate of drug-likeness (QED) is 0.547. The van der Waals surface area contributed by atoms with E-state index in [9.17, 15) is 0 Å². The lowest BCUT2D eigenvalue weighted by atomic mass is 10.1. The van der Waals surface area contributed by atoms with E-state index >= 15 is 0 Å². The van der Waals surface area contributed by atoms with Gasteiger partial charge in [0.25, 0.3) is 0 Å². The second-order valence-corrected chi connectivity index (χ2v) is 2.58. The second kappa shape index (κ2) is 5.71. The topological polar surface area (TPSA) is 0 Å². The first-order valence-electron chi connectivity index (χ1n) is 2.97. The zero-order valence-electron chi connectivity index (χ0n) is 5.16. The Bertz CT molecular complexity index is 41.8. The summed E-state index contributed by atoms with van der Waals surface area (Å²) in [7, 11) is 0. The van der Waals surface area contributed by atoms with E-state index in [1.165, 1.54) is 6.42 Å². The number of hydrogen-bond acceptors (Lipinski definition) is 0. The first kappa shape index (κ1) is 8.58. The lowest BCUT2D eigenvalue weighted by molar-refractivity contribution is 0.588. The van der Waals surface area contributed by atoms with Crippen LogP contribution in [-0.4, -0.2) is 11.8 Å². The molecule has 0 radical (unpaired) electrons. The predicted octanol–water partition coefficient (Wildman–Crippen LogP) is 2.88. The van der Waals surface area contributed by atoms with Gasteiger partial charge in [-0.25, -0.2) is 0 Å². The highest BCUT2D eigenvalue weighted by Crippen LogP contribution is 2.09. The van der Waals surface area contributed by atoms with Crippen LogP contribution in [0.5, 0.6) is 0 Å². The van der Waals surface area contributed by atoms with Crippen molar-refractivity contribution in [2.24, 2.45) is 5.92 Å². The van der Waals surface area contributed by atoms with Crippen LogP contribution in [0.2, 0.25) is 0 Å². The molecule has 0 saturated carbocycles. The number of halogens is 2. The fourth-order valence-electron chi connectivity index (χ4n) is 0.604. The van der Waals surface area contributed by atoms with Gasteiger partial charge in [-0.2, -0.15) is 0 Å². The van der Waals surface area contributed by atoms with Crippen molar-refractivity contribution in [3.63, 3.8) is 0 Å².